The van der Waals surface area contributed by atoms with Crippen LogP contribution in [0.4, 0.5) is 10.5 Å². The van der Waals surface area contributed by atoms with Crippen LogP contribution in [-0.4, -0.2) is 51.2 Å². The molecule has 9 heteroatoms. The van der Waals surface area contributed by atoms with E-state index in [0.717, 1.165) is 14.8 Å². The molecule has 1 aromatic carbocycles. The molecule has 26 heavy (non-hydrogen) atoms. The maximum absolute atomic E-state index is 12.2. The van der Waals surface area contributed by atoms with E-state index in [1.54, 1.807) is 4.90 Å². The highest BCUT2D eigenvalue weighted by Gasteiger charge is 2.27. The number of hydrogen-bond donors (Lipinski definition) is 0. The molecule has 2 rings (SSSR count). The highest BCUT2D eigenvalue weighted by molar-refractivity contribution is 14.1. The molecule has 6 nitrogen and oxygen atoms in total. The lowest BCUT2D eigenvalue weighted by Gasteiger charge is -2.37. The van der Waals surface area contributed by atoms with E-state index in [1.807, 2.05) is 39.8 Å². The molecule has 0 aliphatic carbocycles. The summed E-state index contributed by atoms with van der Waals surface area (Å²) in [5.74, 6) is -0.192. The zero-order valence-electron chi connectivity index (χ0n) is 15.4. The first-order chi connectivity index (χ1) is 11.9. The third kappa shape index (κ3) is 6.16. The molecule has 1 fully saturated rings. The molecule has 1 saturated heterocycles. The van der Waals surface area contributed by atoms with Gasteiger partial charge in [0.1, 0.15) is 5.60 Å². The SMILES string of the molecule is Cc1c(CS(=O)(=O)Cl)cc(I)cc1N1CCN(C(=O)OC(C)(C)C)CC1. The van der Waals surface area contributed by atoms with Crippen LogP contribution in [0.15, 0.2) is 12.1 Å². The van der Waals surface area contributed by atoms with Gasteiger partial charge in [-0.05, 0) is 73.5 Å². The predicted molar refractivity (Wildman–Crippen MR) is 112 cm³/mol. The summed E-state index contributed by atoms with van der Waals surface area (Å²) >= 11 is 2.18. The van der Waals surface area contributed by atoms with Crippen LogP contribution in [0.2, 0.25) is 0 Å². The van der Waals surface area contributed by atoms with E-state index < -0.39 is 14.7 Å². The lowest BCUT2D eigenvalue weighted by molar-refractivity contribution is 0.0240. The average Bonchev–Trinajstić information content (AvgIpc) is 2.47. The van der Waals surface area contributed by atoms with Crippen LogP contribution in [-0.2, 0) is 19.5 Å². The van der Waals surface area contributed by atoms with Gasteiger partial charge >= 0.3 is 6.09 Å². The summed E-state index contributed by atoms with van der Waals surface area (Å²) in [6.07, 6.45) is -0.301. The van der Waals surface area contributed by atoms with E-state index in [0.29, 0.717) is 31.7 Å². The Morgan fingerprint density at radius 3 is 2.31 bits per heavy atom. The fourth-order valence-corrected chi connectivity index (χ4v) is 4.54. The number of halogens is 2. The summed E-state index contributed by atoms with van der Waals surface area (Å²) < 4.78 is 29.3. The Morgan fingerprint density at radius 1 is 1.23 bits per heavy atom. The lowest BCUT2D eigenvalue weighted by Crippen LogP contribution is -2.50. The Kier molecular flexibility index (Phi) is 6.71. The Bertz CT molecular complexity index is 785. The number of anilines is 1. The van der Waals surface area contributed by atoms with Crippen molar-refractivity contribution in [2.75, 3.05) is 31.1 Å². The molecule has 0 saturated carbocycles. The smallest absolute Gasteiger partial charge is 0.410 e. The average molecular weight is 515 g/mol. The monoisotopic (exact) mass is 514 g/mol. The number of ether oxygens (including phenoxy) is 1. The number of hydrogen-bond acceptors (Lipinski definition) is 5. The molecule has 0 bridgehead atoms. The first-order valence-electron chi connectivity index (χ1n) is 8.30. The molecule has 0 atom stereocenters. The minimum Gasteiger partial charge on any atom is -0.444 e. The van der Waals surface area contributed by atoms with Crippen molar-refractivity contribution >= 4 is 54.1 Å². The normalized spacial score (nSPS) is 15.9. The number of benzene rings is 1. The van der Waals surface area contributed by atoms with Gasteiger partial charge in [0.05, 0.1) is 5.75 Å². The molecule has 0 unspecified atom stereocenters. The van der Waals surface area contributed by atoms with E-state index in [9.17, 15) is 13.2 Å². The summed E-state index contributed by atoms with van der Waals surface area (Å²) in [5.41, 5.74) is 2.08. The molecule has 0 N–H and O–H groups in total. The molecule has 0 radical (unpaired) electrons. The second-order valence-electron chi connectivity index (χ2n) is 7.35. The topological polar surface area (TPSA) is 66.9 Å². The third-order valence-corrected chi connectivity index (χ3v) is 5.66. The molecule has 1 aliphatic rings. The van der Waals surface area contributed by atoms with Crippen LogP contribution < -0.4 is 4.90 Å². The molecule has 1 amide bonds. The Morgan fingerprint density at radius 2 is 1.81 bits per heavy atom. The van der Waals surface area contributed by atoms with Gasteiger partial charge in [0.25, 0.3) is 0 Å². The van der Waals surface area contributed by atoms with Gasteiger partial charge in [0.15, 0.2) is 0 Å². The molecule has 0 spiro atoms. The summed E-state index contributed by atoms with van der Waals surface area (Å²) in [6, 6.07) is 3.87. The molecule has 1 aliphatic heterocycles. The summed E-state index contributed by atoms with van der Waals surface area (Å²) in [6.45, 7) is 9.89. The van der Waals surface area contributed by atoms with Gasteiger partial charge in [0.2, 0.25) is 9.05 Å². The van der Waals surface area contributed by atoms with E-state index in [4.69, 9.17) is 15.4 Å². The second kappa shape index (κ2) is 8.10. The van der Waals surface area contributed by atoms with Crippen molar-refractivity contribution < 1.29 is 17.9 Å². The highest BCUT2D eigenvalue weighted by atomic mass is 127. The number of amides is 1. The minimum absolute atomic E-state index is 0.192. The van der Waals surface area contributed by atoms with Crippen molar-refractivity contribution in [3.8, 4) is 0 Å². The Balaban J connectivity index is 2.13. The zero-order valence-corrected chi connectivity index (χ0v) is 19.1. The largest absolute Gasteiger partial charge is 0.444 e. The van der Waals surface area contributed by atoms with E-state index in [-0.39, 0.29) is 11.8 Å². The van der Waals surface area contributed by atoms with Gasteiger partial charge < -0.3 is 14.5 Å². The standard InChI is InChI=1S/C17H24ClIN2O4S/c1-12-13(11-26(18,23)24)9-14(19)10-15(12)20-5-7-21(8-6-20)16(22)25-17(2,3)4/h9-10H,5-8,11H2,1-4H3. The van der Waals surface area contributed by atoms with Gasteiger partial charge in [0, 0.05) is 46.1 Å². The van der Waals surface area contributed by atoms with E-state index in [1.165, 1.54) is 0 Å². The van der Waals surface area contributed by atoms with E-state index in [2.05, 4.69) is 27.5 Å². The quantitative estimate of drug-likeness (QED) is 0.454. The van der Waals surface area contributed by atoms with Gasteiger partial charge in [-0.25, -0.2) is 13.2 Å². The number of nitrogens with zero attached hydrogens (tertiary/aromatic N) is 2. The Labute approximate surface area is 173 Å². The molecule has 1 heterocycles. The first kappa shape index (κ1) is 21.6. The molecule has 1 aromatic rings. The van der Waals surface area contributed by atoms with E-state index >= 15 is 0 Å². The van der Waals surface area contributed by atoms with Crippen molar-refractivity contribution in [2.45, 2.75) is 39.0 Å². The van der Waals surface area contributed by atoms with Crippen LogP contribution in [0.1, 0.15) is 31.9 Å². The zero-order chi connectivity index (χ0) is 19.7. The lowest BCUT2D eigenvalue weighted by atomic mass is 10.1. The molecular formula is C17H24ClIN2O4S. The second-order valence-corrected chi connectivity index (χ2v) is 11.4. The molecular weight excluding hydrogens is 491 g/mol. The third-order valence-electron chi connectivity index (χ3n) is 4.05. The van der Waals surface area contributed by atoms with Gasteiger partial charge in [-0.2, -0.15) is 0 Å². The summed E-state index contributed by atoms with van der Waals surface area (Å²) in [4.78, 5) is 16.1. The first-order valence-corrected chi connectivity index (χ1v) is 11.9. The van der Waals surface area contributed by atoms with Gasteiger partial charge in [-0.1, -0.05) is 0 Å². The fraction of sp³-hybridized carbons (Fsp3) is 0.588. The molecule has 146 valence electrons. The van der Waals surface area contributed by atoms with Gasteiger partial charge in [-0.3, -0.25) is 0 Å². The van der Waals surface area contributed by atoms with Crippen LogP contribution >= 0.6 is 33.3 Å². The van der Waals surface area contributed by atoms with Crippen LogP contribution in [0.5, 0.6) is 0 Å². The van der Waals surface area contributed by atoms with Crippen LogP contribution in [0.25, 0.3) is 0 Å². The van der Waals surface area contributed by atoms with Crippen molar-refractivity contribution in [1.82, 2.24) is 4.90 Å². The van der Waals surface area contributed by atoms with Gasteiger partial charge in [-0.15, -0.1) is 0 Å². The van der Waals surface area contributed by atoms with Crippen LogP contribution in [0.3, 0.4) is 0 Å². The molecule has 0 aromatic heterocycles. The number of carbonyl (C=O) groups is 1. The highest BCUT2D eigenvalue weighted by Crippen LogP contribution is 2.29. The maximum atomic E-state index is 12.2. The summed E-state index contributed by atoms with van der Waals surface area (Å²) in [5, 5.41) is 0. The van der Waals surface area contributed by atoms with Crippen molar-refractivity contribution in [1.29, 1.82) is 0 Å². The Hall–Kier alpha value is -0.740. The fourth-order valence-electron chi connectivity index (χ4n) is 2.84. The number of carbonyl (C=O) groups excluding carboxylic acids is 1. The van der Waals surface area contributed by atoms with Crippen molar-refractivity contribution in [3.63, 3.8) is 0 Å². The van der Waals surface area contributed by atoms with Crippen molar-refractivity contribution in [3.05, 3.63) is 26.8 Å². The van der Waals surface area contributed by atoms with Crippen molar-refractivity contribution in [2.24, 2.45) is 0 Å². The maximum Gasteiger partial charge on any atom is 0.410 e. The van der Waals surface area contributed by atoms with Crippen LogP contribution in [0, 0.1) is 10.5 Å². The summed E-state index contributed by atoms with van der Waals surface area (Å²) in [7, 11) is 1.81. The minimum atomic E-state index is -3.62. The number of rotatable bonds is 3. The number of piperazine rings is 1. The predicted octanol–water partition coefficient (Wildman–Crippen LogP) is 3.73.